The molecule has 0 radical (unpaired) electrons. The molecule has 4 aliphatic carbocycles. The minimum atomic E-state index is -2.04. The van der Waals surface area contributed by atoms with E-state index in [2.05, 4.69) is 54.8 Å². The number of hydrogen-bond donors (Lipinski definition) is 5. The molecule has 0 bridgehead atoms. The van der Waals surface area contributed by atoms with Gasteiger partial charge in [-0.1, -0.05) is 75.7 Å². The second-order valence-electron chi connectivity index (χ2n) is 19.3. The zero-order valence-corrected chi connectivity index (χ0v) is 36.5. The Morgan fingerprint density at radius 3 is 2.54 bits per heavy atom. The van der Waals surface area contributed by atoms with Gasteiger partial charge in [0.1, 0.15) is 6.61 Å². The highest BCUT2D eigenvalue weighted by Gasteiger charge is 2.75. The van der Waals surface area contributed by atoms with Gasteiger partial charge in [-0.15, -0.1) is 0 Å². The molecule has 1 aliphatic heterocycles. The van der Waals surface area contributed by atoms with Crippen molar-refractivity contribution in [1.29, 1.82) is 0 Å². The molecule has 2 amide bonds. The van der Waals surface area contributed by atoms with E-state index in [1.807, 2.05) is 31.0 Å². The highest BCUT2D eigenvalue weighted by atomic mass is 19.1. The van der Waals surface area contributed by atoms with E-state index in [9.17, 15) is 29.7 Å². The molecular weight excluding hydrogens is 782 g/mol. The Hall–Kier alpha value is -3.56. The van der Waals surface area contributed by atoms with E-state index in [0.717, 1.165) is 17.4 Å². The van der Waals surface area contributed by atoms with Crippen LogP contribution in [0.3, 0.4) is 0 Å². The van der Waals surface area contributed by atoms with Crippen molar-refractivity contribution in [1.82, 2.24) is 15.7 Å². The number of fused-ring (bicyclic) bond motifs is 6. The number of hydroxylamine groups is 2. The molecule has 7 rings (SSSR count). The van der Waals surface area contributed by atoms with E-state index in [1.54, 1.807) is 13.0 Å². The van der Waals surface area contributed by atoms with Gasteiger partial charge < -0.3 is 35.4 Å². The molecule has 0 aromatic heterocycles. The number of nitrogens with zero attached hydrogens (tertiary/aromatic N) is 1. The van der Waals surface area contributed by atoms with Crippen molar-refractivity contribution in [3.05, 3.63) is 71.8 Å². The second-order valence-corrected chi connectivity index (χ2v) is 19.3. The van der Waals surface area contributed by atoms with Crippen LogP contribution in [0.15, 0.2) is 66.3 Å². The maximum absolute atomic E-state index is 17.5. The van der Waals surface area contributed by atoms with Crippen molar-refractivity contribution in [2.75, 3.05) is 46.1 Å². The molecule has 334 valence electrons. The summed E-state index contributed by atoms with van der Waals surface area (Å²) < 4.78 is 28.7. The molecule has 13 heteroatoms. The smallest absolute Gasteiger partial charge is 0.252 e. The van der Waals surface area contributed by atoms with E-state index >= 15 is 4.39 Å². The van der Waals surface area contributed by atoms with E-state index in [0.29, 0.717) is 56.7 Å². The van der Waals surface area contributed by atoms with E-state index in [1.165, 1.54) is 17.5 Å². The van der Waals surface area contributed by atoms with Crippen LogP contribution < -0.4 is 10.6 Å². The number of carbonyl (C=O) groups excluding carboxylic acids is 3. The molecule has 1 heterocycles. The first-order chi connectivity index (χ1) is 29.0. The average Bonchev–Trinajstić information content (AvgIpc) is 3.64. The number of alkyl halides is 1. The Morgan fingerprint density at radius 2 is 1.79 bits per heavy atom. The molecule has 4 fully saturated rings. The zero-order valence-electron chi connectivity index (χ0n) is 36.5. The number of ether oxygens (including phenoxy) is 2. The van der Waals surface area contributed by atoms with Gasteiger partial charge >= 0.3 is 0 Å². The number of benzene rings is 2. The fourth-order valence-electron chi connectivity index (χ4n) is 12.2. The van der Waals surface area contributed by atoms with Crippen LogP contribution in [0.5, 0.6) is 0 Å². The summed E-state index contributed by atoms with van der Waals surface area (Å²) >= 11 is 0. The Labute approximate surface area is 359 Å². The lowest BCUT2D eigenvalue weighted by molar-refractivity contribution is -0.219. The van der Waals surface area contributed by atoms with Gasteiger partial charge in [0, 0.05) is 43.0 Å². The van der Waals surface area contributed by atoms with Crippen LogP contribution in [-0.4, -0.2) is 113 Å². The van der Waals surface area contributed by atoms with Crippen LogP contribution in [0.1, 0.15) is 85.1 Å². The number of aliphatic hydroxyl groups is 3. The molecule has 5 N–H and O–H groups in total. The Kier molecular flexibility index (Phi) is 13.3. The van der Waals surface area contributed by atoms with Gasteiger partial charge in [-0.05, 0) is 104 Å². The second kappa shape index (κ2) is 17.9. The van der Waals surface area contributed by atoms with E-state index in [-0.39, 0.29) is 75.3 Å². The molecule has 1 saturated heterocycles. The Morgan fingerprint density at radius 1 is 1.03 bits per heavy atom. The zero-order chi connectivity index (χ0) is 43.8. The Bertz CT molecular complexity index is 2010. The number of amides is 2. The van der Waals surface area contributed by atoms with Crippen molar-refractivity contribution in [2.24, 2.45) is 34.5 Å². The number of allylic oxidation sites excluding steroid dienone is 4. The van der Waals surface area contributed by atoms with Crippen LogP contribution >= 0.6 is 0 Å². The molecule has 2 aromatic rings. The molecule has 10 atom stereocenters. The maximum Gasteiger partial charge on any atom is 0.252 e. The van der Waals surface area contributed by atoms with Crippen molar-refractivity contribution < 1.29 is 48.4 Å². The van der Waals surface area contributed by atoms with Crippen molar-refractivity contribution in [3.63, 3.8) is 0 Å². The third-order valence-corrected chi connectivity index (χ3v) is 15.2. The third kappa shape index (κ3) is 8.24. The number of carbonyl (C=O) groups is 3. The average molecular weight is 848 g/mol. The summed E-state index contributed by atoms with van der Waals surface area (Å²) in [6, 6.07) is 14.6. The molecule has 2 aromatic carbocycles. The summed E-state index contributed by atoms with van der Waals surface area (Å²) in [7, 11) is 0. The minimum Gasteiger partial charge on any atom is -0.396 e. The molecule has 12 nitrogen and oxygen atoms in total. The van der Waals surface area contributed by atoms with Gasteiger partial charge in [0.25, 0.3) is 5.91 Å². The lowest BCUT2D eigenvalue weighted by Crippen LogP contribution is -2.70. The SMILES string of the molecule is CC(C)C[C@]1(CCO)C[C@H](CNC(=O)COCCOCCNC(=O)[C@@]2(O)[C@H](C)C[C@H]3[C@@H]4CCC5=CC(=O)C=C[C@]5(C)[C@@]4(F)[C@@H](O)C[C@@]32C)ON1Cc1ccc2ccccc2c1. The predicted octanol–water partition coefficient (Wildman–Crippen LogP) is 5.13. The summed E-state index contributed by atoms with van der Waals surface area (Å²) in [5.74, 6) is -2.09. The summed E-state index contributed by atoms with van der Waals surface area (Å²) in [6.45, 7) is 11.0. The monoisotopic (exact) mass is 847 g/mol. The molecule has 0 unspecified atom stereocenters. The van der Waals surface area contributed by atoms with Crippen molar-refractivity contribution in [3.8, 4) is 0 Å². The minimum absolute atomic E-state index is 0.0312. The fourth-order valence-corrected chi connectivity index (χ4v) is 12.2. The van der Waals surface area contributed by atoms with Crippen LogP contribution in [0, 0.1) is 34.5 Å². The Balaban J connectivity index is 0.840. The van der Waals surface area contributed by atoms with E-state index < -0.39 is 45.9 Å². The first kappa shape index (κ1) is 45.5. The number of ketones is 1. The van der Waals surface area contributed by atoms with Crippen molar-refractivity contribution in [2.45, 2.75) is 115 Å². The lowest BCUT2D eigenvalue weighted by atomic mass is 9.44. The van der Waals surface area contributed by atoms with Crippen LogP contribution in [0.25, 0.3) is 10.8 Å². The topological polar surface area (TPSA) is 167 Å². The molecular formula is C48H66FN3O9. The van der Waals surface area contributed by atoms with Gasteiger partial charge in [-0.25, -0.2) is 4.39 Å². The van der Waals surface area contributed by atoms with Crippen molar-refractivity contribution >= 4 is 28.4 Å². The predicted molar refractivity (Wildman–Crippen MR) is 228 cm³/mol. The number of hydrogen-bond acceptors (Lipinski definition) is 10. The highest BCUT2D eigenvalue weighted by Crippen LogP contribution is 2.70. The molecule has 3 saturated carbocycles. The molecule has 61 heavy (non-hydrogen) atoms. The van der Waals surface area contributed by atoms with Crippen LogP contribution in [0.4, 0.5) is 4.39 Å². The largest absolute Gasteiger partial charge is 0.396 e. The maximum atomic E-state index is 17.5. The van der Waals surface area contributed by atoms with Gasteiger partial charge in [-0.3, -0.25) is 19.2 Å². The first-order valence-corrected chi connectivity index (χ1v) is 22.3. The van der Waals surface area contributed by atoms with E-state index in [4.69, 9.17) is 14.3 Å². The molecule has 5 aliphatic rings. The van der Waals surface area contributed by atoms with Gasteiger partial charge in [-0.2, -0.15) is 5.06 Å². The normalized spacial score (nSPS) is 35.8. The fraction of sp³-hybridized carbons (Fsp3) is 0.646. The summed E-state index contributed by atoms with van der Waals surface area (Å²) in [4.78, 5) is 45.2. The highest BCUT2D eigenvalue weighted by molar-refractivity contribution is 6.01. The number of rotatable bonds is 17. The summed E-state index contributed by atoms with van der Waals surface area (Å²) in [5, 5.41) is 44.0. The number of aliphatic hydroxyl groups excluding tert-OH is 2. The molecule has 0 spiro atoms. The quantitative estimate of drug-likeness (QED) is 0.135. The first-order valence-electron chi connectivity index (χ1n) is 22.3. The summed E-state index contributed by atoms with van der Waals surface area (Å²) in [6.07, 6.45) is 6.11. The van der Waals surface area contributed by atoms with Gasteiger partial charge in [0.05, 0.1) is 37.6 Å². The van der Waals surface area contributed by atoms with Gasteiger partial charge in [0.15, 0.2) is 17.1 Å². The number of halogens is 1. The van der Waals surface area contributed by atoms with Crippen LogP contribution in [-0.2, 0) is 35.2 Å². The van der Waals surface area contributed by atoms with Gasteiger partial charge in [0.2, 0.25) is 5.91 Å². The van der Waals surface area contributed by atoms with Crippen LogP contribution in [0.2, 0.25) is 0 Å². The standard InChI is InChI=1S/C48H66FN3O9/c1-31(2)25-46(16-18-53)26-38(61-52(46)29-33-10-11-34-8-6-7-9-35(34)23-33)28-51-42(56)30-60-21-20-59-19-17-50-43(57)48(58)32(3)22-40-39-13-12-36-24-37(54)14-15-44(36,4)47(39,49)41(55)27-45(40,48)5/h6-11,14-15,23-24,31-32,38-41,53,55,58H,12-13,16-22,25-30H2,1-5H3,(H,50,57)(H,51,56)/t32-,38-,39+,40+,41+,44+,45+,46-,47+,48+/m1/s1. The number of nitrogens with one attached hydrogen (secondary N) is 2. The third-order valence-electron chi connectivity index (χ3n) is 15.2. The summed E-state index contributed by atoms with van der Waals surface area (Å²) in [5.41, 5.74) is -4.67. The lowest BCUT2D eigenvalue weighted by Gasteiger charge is -2.62.